The summed E-state index contributed by atoms with van der Waals surface area (Å²) in [4.78, 5) is 46.8. The lowest BCUT2D eigenvalue weighted by atomic mass is 10.0. The van der Waals surface area contributed by atoms with Crippen LogP contribution < -0.4 is 16.6 Å². The van der Waals surface area contributed by atoms with Gasteiger partial charge in [-0.1, -0.05) is 12.1 Å². The number of amides is 2. The molecule has 5 rings (SSSR count). The molecule has 1 aliphatic heterocycles. The van der Waals surface area contributed by atoms with E-state index >= 15 is 0 Å². The van der Waals surface area contributed by atoms with Gasteiger partial charge in [0.1, 0.15) is 5.69 Å². The molecule has 2 N–H and O–H groups in total. The number of urea groups is 1. The maximum atomic E-state index is 13.0. The molecule has 0 saturated carbocycles. The van der Waals surface area contributed by atoms with Gasteiger partial charge in [0.05, 0.1) is 17.1 Å². The molecule has 1 aromatic carbocycles. The van der Waals surface area contributed by atoms with Crippen molar-refractivity contribution in [3.05, 3.63) is 81.3 Å². The lowest BCUT2D eigenvalue weighted by Gasteiger charge is -2.32. The zero-order chi connectivity index (χ0) is 24.5. The van der Waals surface area contributed by atoms with Gasteiger partial charge < -0.3 is 14.8 Å². The number of H-pyrrole nitrogens is 1. The number of likely N-dealkylation sites (tertiary alicyclic amines) is 1. The first-order chi connectivity index (χ1) is 16.9. The Morgan fingerprint density at radius 1 is 1.14 bits per heavy atom. The summed E-state index contributed by atoms with van der Waals surface area (Å²) >= 11 is 0. The largest absolute Gasteiger partial charge is 0.327 e. The van der Waals surface area contributed by atoms with Crippen LogP contribution in [-0.4, -0.2) is 43.1 Å². The van der Waals surface area contributed by atoms with Crippen molar-refractivity contribution in [2.45, 2.75) is 18.9 Å². The molecule has 1 aliphatic rings. The highest BCUT2D eigenvalue weighted by atomic mass is 16.2. The van der Waals surface area contributed by atoms with Crippen LogP contribution in [0.25, 0.3) is 22.3 Å². The molecule has 4 aromatic rings. The molecule has 0 radical (unpaired) electrons. The van der Waals surface area contributed by atoms with E-state index in [9.17, 15) is 14.4 Å². The van der Waals surface area contributed by atoms with Gasteiger partial charge in [0.2, 0.25) is 0 Å². The minimum atomic E-state index is -0.356. The summed E-state index contributed by atoms with van der Waals surface area (Å²) in [7, 11) is 1.63. The minimum absolute atomic E-state index is 0.0444. The zero-order valence-corrected chi connectivity index (χ0v) is 19.1. The number of aryl methyl sites for hydroxylation is 1. The molecule has 0 aliphatic carbocycles. The van der Waals surface area contributed by atoms with Gasteiger partial charge in [-0.05, 0) is 48.7 Å². The number of fused-ring (bicyclic) bond motifs is 1. The van der Waals surface area contributed by atoms with E-state index < -0.39 is 0 Å². The number of aromatic nitrogens is 4. The van der Waals surface area contributed by atoms with Crippen LogP contribution in [0.15, 0.2) is 64.4 Å². The number of nitrogens with zero attached hydrogens (tertiary/aromatic N) is 5. The van der Waals surface area contributed by atoms with Crippen molar-refractivity contribution in [2.75, 3.05) is 18.4 Å². The second kappa shape index (κ2) is 8.95. The fourth-order valence-corrected chi connectivity index (χ4v) is 4.54. The first kappa shape index (κ1) is 22.2. The van der Waals surface area contributed by atoms with Crippen molar-refractivity contribution >= 4 is 22.9 Å². The molecular formula is C25H23N7O3. The number of anilines is 1. The predicted molar refractivity (Wildman–Crippen MR) is 131 cm³/mol. The number of piperidine rings is 1. The third kappa shape index (κ3) is 4.19. The van der Waals surface area contributed by atoms with E-state index in [2.05, 4.69) is 21.4 Å². The number of aromatic amines is 1. The van der Waals surface area contributed by atoms with E-state index in [0.717, 1.165) is 16.6 Å². The highest BCUT2D eigenvalue weighted by Gasteiger charge is 2.26. The summed E-state index contributed by atoms with van der Waals surface area (Å²) in [6.45, 7) is 0.900. The molecular weight excluding hydrogens is 446 g/mol. The Balaban J connectivity index is 1.31. The van der Waals surface area contributed by atoms with Gasteiger partial charge in [0.15, 0.2) is 5.65 Å². The smallest absolute Gasteiger partial charge is 0.324 e. The average molecular weight is 470 g/mol. The van der Waals surface area contributed by atoms with Gasteiger partial charge in [-0.3, -0.25) is 14.3 Å². The van der Waals surface area contributed by atoms with E-state index in [1.54, 1.807) is 65.3 Å². The Kier molecular flexibility index (Phi) is 5.66. The number of rotatable bonds is 3. The van der Waals surface area contributed by atoms with E-state index in [1.165, 1.54) is 4.57 Å². The number of imidazole rings is 1. The van der Waals surface area contributed by atoms with Gasteiger partial charge in [-0.15, -0.1) is 0 Å². The molecule has 0 atom stereocenters. The number of carbonyl (C=O) groups excluding carboxylic acids is 1. The van der Waals surface area contributed by atoms with Crippen LogP contribution in [0, 0.1) is 11.3 Å². The number of nitrogens with one attached hydrogen (secondary N) is 2. The van der Waals surface area contributed by atoms with Crippen molar-refractivity contribution in [3.63, 3.8) is 0 Å². The van der Waals surface area contributed by atoms with Crippen molar-refractivity contribution in [1.82, 2.24) is 24.0 Å². The number of benzene rings is 1. The Hall–Kier alpha value is -4.65. The highest BCUT2D eigenvalue weighted by Crippen LogP contribution is 2.25. The van der Waals surface area contributed by atoms with Crippen LogP contribution in [0.2, 0.25) is 0 Å². The normalized spacial score (nSPS) is 14.1. The molecule has 35 heavy (non-hydrogen) atoms. The molecule has 176 valence electrons. The molecule has 10 heteroatoms. The quantitative estimate of drug-likeness (QED) is 0.477. The standard InChI is InChI=1S/C25H23N7O3/c1-30-15-18(17-6-4-16(14-26)5-7-17)13-20(23(30)33)28-24(34)31-11-8-19(9-12-31)32-21-3-2-10-27-22(21)29-25(32)35/h2-7,10,13,15,19H,8-9,11-12H2,1H3,(H,28,34)(H,27,29,35). The monoisotopic (exact) mass is 469 g/mol. The van der Waals surface area contributed by atoms with Gasteiger partial charge in [-0.25, -0.2) is 14.6 Å². The van der Waals surface area contributed by atoms with Crippen molar-refractivity contribution in [1.29, 1.82) is 5.26 Å². The summed E-state index contributed by atoms with van der Waals surface area (Å²) < 4.78 is 3.14. The van der Waals surface area contributed by atoms with Crippen molar-refractivity contribution in [2.24, 2.45) is 7.05 Å². The molecule has 3 aromatic heterocycles. The Morgan fingerprint density at radius 3 is 2.60 bits per heavy atom. The second-order valence-electron chi connectivity index (χ2n) is 8.57. The maximum Gasteiger partial charge on any atom is 0.327 e. The number of nitriles is 1. The second-order valence-corrected chi connectivity index (χ2v) is 8.57. The Morgan fingerprint density at radius 2 is 1.89 bits per heavy atom. The number of hydrogen-bond acceptors (Lipinski definition) is 5. The SMILES string of the molecule is Cn1cc(-c2ccc(C#N)cc2)cc(NC(=O)N2CCC(n3c(=O)[nH]c4ncccc43)CC2)c1=O. The topological polar surface area (TPSA) is 129 Å². The minimum Gasteiger partial charge on any atom is -0.324 e. The first-order valence-corrected chi connectivity index (χ1v) is 11.3. The molecule has 0 spiro atoms. The fraction of sp³-hybridized carbons (Fsp3) is 0.240. The molecule has 1 fully saturated rings. The lowest BCUT2D eigenvalue weighted by molar-refractivity contribution is 0.184. The zero-order valence-electron chi connectivity index (χ0n) is 19.1. The van der Waals surface area contributed by atoms with Gasteiger partial charge in [0.25, 0.3) is 5.56 Å². The molecule has 10 nitrogen and oxygen atoms in total. The molecule has 0 bridgehead atoms. The molecule has 2 amide bonds. The van der Waals surface area contributed by atoms with E-state index in [0.29, 0.717) is 37.1 Å². The third-order valence-corrected chi connectivity index (χ3v) is 6.38. The van der Waals surface area contributed by atoms with Crippen LogP contribution in [0.3, 0.4) is 0 Å². The van der Waals surface area contributed by atoms with E-state index in [-0.39, 0.29) is 29.0 Å². The van der Waals surface area contributed by atoms with Crippen LogP contribution in [0.5, 0.6) is 0 Å². The van der Waals surface area contributed by atoms with Crippen LogP contribution in [0.4, 0.5) is 10.5 Å². The third-order valence-electron chi connectivity index (χ3n) is 6.38. The van der Waals surface area contributed by atoms with Crippen LogP contribution in [0.1, 0.15) is 24.4 Å². The number of carbonyl (C=O) groups is 1. The fourth-order valence-electron chi connectivity index (χ4n) is 4.54. The molecule has 0 unspecified atom stereocenters. The van der Waals surface area contributed by atoms with Crippen molar-refractivity contribution < 1.29 is 4.79 Å². The average Bonchev–Trinajstić information content (AvgIpc) is 3.22. The summed E-state index contributed by atoms with van der Waals surface area (Å²) in [6, 6.07) is 14.0. The summed E-state index contributed by atoms with van der Waals surface area (Å²) in [5.41, 5.74) is 3.09. The summed E-state index contributed by atoms with van der Waals surface area (Å²) in [5, 5.41) is 11.8. The van der Waals surface area contributed by atoms with E-state index in [4.69, 9.17) is 5.26 Å². The van der Waals surface area contributed by atoms with Gasteiger partial charge in [0, 0.05) is 44.1 Å². The van der Waals surface area contributed by atoms with Crippen LogP contribution in [-0.2, 0) is 7.05 Å². The van der Waals surface area contributed by atoms with E-state index in [1.807, 2.05) is 6.07 Å². The van der Waals surface area contributed by atoms with Crippen LogP contribution >= 0.6 is 0 Å². The molecule has 4 heterocycles. The lowest BCUT2D eigenvalue weighted by Crippen LogP contribution is -2.43. The maximum absolute atomic E-state index is 13.0. The summed E-state index contributed by atoms with van der Waals surface area (Å²) in [5.74, 6) is 0. The first-order valence-electron chi connectivity index (χ1n) is 11.3. The number of hydrogen-bond donors (Lipinski definition) is 2. The Bertz CT molecular complexity index is 1570. The van der Waals surface area contributed by atoms with Crippen molar-refractivity contribution in [3.8, 4) is 17.2 Å². The highest BCUT2D eigenvalue weighted by molar-refractivity contribution is 5.90. The summed E-state index contributed by atoms with van der Waals surface area (Å²) in [6.07, 6.45) is 4.55. The Labute approximate surface area is 200 Å². The van der Waals surface area contributed by atoms with Gasteiger partial charge in [-0.2, -0.15) is 5.26 Å². The van der Waals surface area contributed by atoms with Gasteiger partial charge >= 0.3 is 11.7 Å². The number of pyridine rings is 2. The molecule has 1 saturated heterocycles. The predicted octanol–water partition coefficient (Wildman–Crippen LogP) is 2.83.